The van der Waals surface area contributed by atoms with Crippen molar-refractivity contribution < 1.29 is 28.2 Å². The Morgan fingerprint density at radius 1 is 1.27 bits per heavy atom. The van der Waals surface area contributed by atoms with Gasteiger partial charge in [0.2, 0.25) is 0 Å². The number of aryl methyl sites for hydroxylation is 1. The highest BCUT2D eigenvalue weighted by atomic mass is 32.1. The number of hydrogen-bond donors (Lipinski definition) is 1. The largest absolute Gasteiger partial charge is 0.481 e. The fourth-order valence-electron chi connectivity index (χ4n) is 3.22. The molecular formula is C18H17F2NO4S. The molecule has 1 fully saturated rings. The maximum Gasteiger partial charge on any atom is 0.387 e. The van der Waals surface area contributed by atoms with Gasteiger partial charge in [0.1, 0.15) is 10.6 Å². The van der Waals surface area contributed by atoms with Crippen molar-refractivity contribution in [1.82, 2.24) is 4.90 Å². The van der Waals surface area contributed by atoms with Crippen molar-refractivity contribution in [1.29, 1.82) is 0 Å². The zero-order valence-corrected chi connectivity index (χ0v) is 14.7. The lowest BCUT2D eigenvalue weighted by atomic mass is 9.89. The number of halogens is 2. The minimum absolute atomic E-state index is 0.0266. The van der Waals surface area contributed by atoms with Crippen LogP contribution in [-0.2, 0) is 4.79 Å². The summed E-state index contributed by atoms with van der Waals surface area (Å²) in [7, 11) is 0. The van der Waals surface area contributed by atoms with Gasteiger partial charge in [-0.15, -0.1) is 11.3 Å². The minimum atomic E-state index is -3.03. The average Bonchev–Trinajstić information content (AvgIpc) is 3.18. The summed E-state index contributed by atoms with van der Waals surface area (Å²) >= 11 is 1.06. The van der Waals surface area contributed by atoms with Gasteiger partial charge in [-0.3, -0.25) is 9.59 Å². The molecule has 2 aromatic rings. The monoisotopic (exact) mass is 381 g/mol. The Morgan fingerprint density at radius 3 is 2.58 bits per heavy atom. The fraction of sp³-hybridized carbons (Fsp3) is 0.333. The normalized spacial score (nSPS) is 19.8. The highest BCUT2D eigenvalue weighted by molar-refractivity contribution is 7.14. The van der Waals surface area contributed by atoms with Crippen LogP contribution in [0.5, 0.6) is 5.75 Å². The van der Waals surface area contributed by atoms with E-state index in [9.17, 15) is 23.5 Å². The summed E-state index contributed by atoms with van der Waals surface area (Å²) in [6.07, 6.45) is 0. The Bertz CT molecular complexity index is 809. The lowest BCUT2D eigenvalue weighted by Crippen LogP contribution is -2.29. The number of hydrogen-bond acceptors (Lipinski definition) is 4. The van der Waals surface area contributed by atoms with E-state index in [4.69, 9.17) is 0 Å². The molecule has 26 heavy (non-hydrogen) atoms. The van der Waals surface area contributed by atoms with E-state index in [1.807, 2.05) is 30.3 Å². The summed E-state index contributed by atoms with van der Waals surface area (Å²) in [5, 5.41) is 9.53. The Morgan fingerprint density at radius 2 is 1.96 bits per heavy atom. The van der Waals surface area contributed by atoms with Gasteiger partial charge < -0.3 is 14.7 Å². The number of thiophene rings is 1. The van der Waals surface area contributed by atoms with E-state index in [2.05, 4.69) is 4.74 Å². The van der Waals surface area contributed by atoms with Gasteiger partial charge in [-0.2, -0.15) is 8.78 Å². The molecule has 1 amide bonds. The van der Waals surface area contributed by atoms with Gasteiger partial charge in [-0.05, 0) is 18.6 Å². The van der Waals surface area contributed by atoms with Crippen LogP contribution in [-0.4, -0.2) is 41.6 Å². The molecule has 0 aliphatic carbocycles. The van der Waals surface area contributed by atoms with Crippen LogP contribution < -0.4 is 4.74 Å². The second-order valence-electron chi connectivity index (χ2n) is 6.10. The third-order valence-electron chi connectivity index (χ3n) is 4.38. The van der Waals surface area contributed by atoms with Crippen LogP contribution in [0.2, 0.25) is 0 Å². The summed E-state index contributed by atoms with van der Waals surface area (Å²) in [4.78, 5) is 26.6. The lowest BCUT2D eigenvalue weighted by molar-refractivity contribution is -0.141. The molecule has 0 spiro atoms. The van der Waals surface area contributed by atoms with Crippen molar-refractivity contribution in [2.75, 3.05) is 13.1 Å². The fourth-order valence-corrected chi connectivity index (χ4v) is 4.14. The standard InChI is InChI=1S/C18H17F2NO4S/c1-10-7-14(25-18(19)20)15(26-10)16(22)21-8-12(13(9-21)17(23)24)11-5-3-2-4-6-11/h2-7,12-13,18H,8-9H2,1H3,(H,23,24)/t12-,13+/m1/s1. The number of carbonyl (C=O) groups excluding carboxylic acids is 1. The van der Waals surface area contributed by atoms with Gasteiger partial charge in [-0.1, -0.05) is 30.3 Å². The predicted octanol–water partition coefficient (Wildman–Crippen LogP) is 3.60. The number of aliphatic carboxylic acids is 1. The summed E-state index contributed by atoms with van der Waals surface area (Å²) in [5.41, 5.74) is 0.835. The van der Waals surface area contributed by atoms with Crippen molar-refractivity contribution >= 4 is 23.2 Å². The zero-order valence-electron chi connectivity index (χ0n) is 13.9. The van der Waals surface area contributed by atoms with E-state index < -0.39 is 24.4 Å². The first-order valence-corrected chi connectivity index (χ1v) is 8.80. The smallest absolute Gasteiger partial charge is 0.387 e. The van der Waals surface area contributed by atoms with Crippen molar-refractivity contribution in [3.8, 4) is 5.75 Å². The van der Waals surface area contributed by atoms with Crippen LogP contribution in [0.3, 0.4) is 0 Å². The Balaban J connectivity index is 1.86. The van der Waals surface area contributed by atoms with E-state index in [-0.39, 0.29) is 29.6 Å². The second kappa shape index (κ2) is 7.41. The van der Waals surface area contributed by atoms with E-state index in [0.29, 0.717) is 4.88 Å². The molecule has 1 aliphatic rings. The number of amides is 1. The van der Waals surface area contributed by atoms with Crippen molar-refractivity contribution in [3.05, 3.63) is 51.7 Å². The molecule has 138 valence electrons. The average molecular weight is 381 g/mol. The molecule has 2 heterocycles. The zero-order chi connectivity index (χ0) is 18.8. The molecule has 0 bridgehead atoms. The van der Waals surface area contributed by atoms with Gasteiger partial charge in [-0.25, -0.2) is 0 Å². The molecule has 0 saturated carbocycles. The number of benzene rings is 1. The molecule has 5 nitrogen and oxygen atoms in total. The molecule has 1 aliphatic heterocycles. The Kier molecular flexibility index (Phi) is 5.22. The molecule has 2 atom stereocenters. The van der Waals surface area contributed by atoms with E-state index in [1.54, 1.807) is 6.92 Å². The summed E-state index contributed by atoms with van der Waals surface area (Å²) < 4.78 is 29.6. The van der Waals surface area contributed by atoms with Gasteiger partial charge in [0, 0.05) is 23.9 Å². The van der Waals surface area contributed by atoms with Crippen LogP contribution in [0.15, 0.2) is 36.4 Å². The van der Waals surface area contributed by atoms with Crippen LogP contribution in [0, 0.1) is 12.8 Å². The highest BCUT2D eigenvalue weighted by Crippen LogP contribution is 2.37. The first kappa shape index (κ1) is 18.3. The molecule has 1 N–H and O–H groups in total. The molecule has 1 aromatic carbocycles. The summed E-state index contributed by atoms with van der Waals surface area (Å²) in [6, 6.07) is 10.5. The third kappa shape index (κ3) is 3.70. The lowest BCUT2D eigenvalue weighted by Gasteiger charge is -2.16. The summed E-state index contributed by atoms with van der Waals surface area (Å²) in [5.74, 6) is -2.73. The van der Waals surface area contributed by atoms with E-state index >= 15 is 0 Å². The number of rotatable bonds is 5. The Hall–Kier alpha value is -2.48. The number of carbonyl (C=O) groups is 2. The highest BCUT2D eigenvalue weighted by Gasteiger charge is 2.41. The van der Waals surface area contributed by atoms with Gasteiger partial charge in [0.25, 0.3) is 5.91 Å². The maximum atomic E-state index is 12.8. The van der Waals surface area contributed by atoms with Crippen LogP contribution in [0.25, 0.3) is 0 Å². The van der Waals surface area contributed by atoms with Crippen LogP contribution in [0.1, 0.15) is 26.0 Å². The number of alkyl halides is 2. The third-order valence-corrected chi connectivity index (χ3v) is 5.40. The second-order valence-corrected chi connectivity index (χ2v) is 7.36. The minimum Gasteiger partial charge on any atom is -0.481 e. The molecule has 3 rings (SSSR count). The van der Waals surface area contributed by atoms with E-state index in [0.717, 1.165) is 16.9 Å². The Labute approximate surface area is 152 Å². The molecule has 0 unspecified atom stereocenters. The SMILES string of the molecule is Cc1cc(OC(F)F)c(C(=O)N2C[C@H](C(=O)O)[C@@H](c3ccccc3)C2)s1. The molecule has 1 aromatic heterocycles. The molecule has 8 heteroatoms. The quantitative estimate of drug-likeness (QED) is 0.859. The topological polar surface area (TPSA) is 66.8 Å². The molecule has 1 saturated heterocycles. The van der Waals surface area contributed by atoms with Crippen molar-refractivity contribution in [3.63, 3.8) is 0 Å². The van der Waals surface area contributed by atoms with E-state index in [1.165, 1.54) is 11.0 Å². The van der Waals surface area contributed by atoms with Gasteiger partial charge >= 0.3 is 12.6 Å². The van der Waals surface area contributed by atoms with Crippen molar-refractivity contribution in [2.45, 2.75) is 19.5 Å². The maximum absolute atomic E-state index is 12.8. The van der Waals surface area contributed by atoms with Crippen LogP contribution in [0.4, 0.5) is 8.78 Å². The van der Waals surface area contributed by atoms with Gasteiger partial charge in [0.15, 0.2) is 0 Å². The summed E-state index contributed by atoms with van der Waals surface area (Å²) in [6.45, 7) is -1.10. The first-order chi connectivity index (χ1) is 12.4. The molecule has 0 radical (unpaired) electrons. The first-order valence-electron chi connectivity index (χ1n) is 7.99. The number of ether oxygens (including phenoxy) is 1. The van der Waals surface area contributed by atoms with Crippen LogP contribution >= 0.6 is 11.3 Å². The number of carboxylic acids is 1. The van der Waals surface area contributed by atoms with Crippen molar-refractivity contribution in [2.24, 2.45) is 5.92 Å². The number of carboxylic acid groups (broad SMARTS) is 1. The predicted molar refractivity (Wildman–Crippen MR) is 91.9 cm³/mol. The number of likely N-dealkylation sites (tertiary alicyclic amines) is 1. The number of nitrogens with zero attached hydrogens (tertiary/aromatic N) is 1. The molecular weight excluding hydrogens is 364 g/mol. The van der Waals surface area contributed by atoms with Gasteiger partial charge in [0.05, 0.1) is 5.92 Å².